The van der Waals surface area contributed by atoms with Gasteiger partial charge in [0.25, 0.3) is 10.0 Å². The Morgan fingerprint density at radius 1 is 1.38 bits per heavy atom. The van der Waals surface area contributed by atoms with E-state index in [1.54, 1.807) is 10.4 Å². The van der Waals surface area contributed by atoms with Crippen molar-refractivity contribution >= 4 is 21.4 Å². The zero-order chi connectivity index (χ0) is 15.6. The smallest absolute Gasteiger partial charge is 0.252 e. The number of nitrogens with one attached hydrogen (secondary N) is 1. The molecule has 0 amide bonds. The van der Waals surface area contributed by atoms with Crippen LogP contribution in [0.2, 0.25) is 0 Å². The quantitative estimate of drug-likeness (QED) is 0.872. The second-order valence-electron chi connectivity index (χ2n) is 6.34. The Balaban J connectivity index is 2.06. The maximum absolute atomic E-state index is 12.7. The van der Waals surface area contributed by atoms with Crippen molar-refractivity contribution in [3.05, 3.63) is 17.0 Å². The molecule has 2 unspecified atom stereocenters. The van der Waals surface area contributed by atoms with Crippen LogP contribution in [0.4, 0.5) is 0 Å². The topological polar surface area (TPSA) is 49.4 Å². The Labute approximate surface area is 132 Å². The predicted octanol–water partition coefficient (Wildman–Crippen LogP) is 2.71. The first kappa shape index (κ1) is 16.9. The van der Waals surface area contributed by atoms with Gasteiger partial charge in [0, 0.05) is 30.1 Å². The Bertz CT molecular complexity index is 566. The van der Waals surface area contributed by atoms with Gasteiger partial charge in [-0.1, -0.05) is 20.8 Å². The molecule has 1 aliphatic heterocycles. The fraction of sp³-hybridized carbons (Fsp3) is 0.733. The van der Waals surface area contributed by atoms with E-state index in [0.29, 0.717) is 22.7 Å². The van der Waals surface area contributed by atoms with Crippen LogP contribution in [-0.4, -0.2) is 37.9 Å². The highest BCUT2D eigenvalue weighted by atomic mass is 32.2. The predicted molar refractivity (Wildman–Crippen MR) is 88.3 cm³/mol. The highest BCUT2D eigenvalue weighted by Crippen LogP contribution is 2.32. The van der Waals surface area contributed by atoms with E-state index >= 15 is 0 Å². The lowest BCUT2D eigenvalue weighted by Crippen LogP contribution is -2.33. The Hall–Kier alpha value is -0.430. The molecule has 2 rings (SSSR count). The molecular formula is C15H26N2O2S2. The van der Waals surface area contributed by atoms with Gasteiger partial charge in [-0.15, -0.1) is 11.3 Å². The summed E-state index contributed by atoms with van der Waals surface area (Å²) < 4.78 is 27.6. The van der Waals surface area contributed by atoms with Crippen molar-refractivity contribution in [3.8, 4) is 0 Å². The van der Waals surface area contributed by atoms with E-state index in [9.17, 15) is 8.42 Å². The minimum atomic E-state index is -3.31. The fourth-order valence-corrected chi connectivity index (χ4v) is 6.07. The van der Waals surface area contributed by atoms with Crippen molar-refractivity contribution in [3.63, 3.8) is 0 Å². The monoisotopic (exact) mass is 330 g/mol. The maximum Gasteiger partial charge on any atom is 0.252 e. The van der Waals surface area contributed by atoms with Crippen molar-refractivity contribution in [1.82, 2.24) is 9.62 Å². The molecule has 1 aromatic heterocycles. The maximum atomic E-state index is 12.7. The third-order valence-electron chi connectivity index (χ3n) is 3.85. The van der Waals surface area contributed by atoms with E-state index in [4.69, 9.17) is 0 Å². The molecule has 2 atom stereocenters. The lowest BCUT2D eigenvalue weighted by Gasteiger charge is -2.19. The zero-order valence-electron chi connectivity index (χ0n) is 13.3. The molecule has 0 radical (unpaired) electrons. The van der Waals surface area contributed by atoms with Gasteiger partial charge < -0.3 is 5.32 Å². The zero-order valence-corrected chi connectivity index (χ0v) is 14.9. The summed E-state index contributed by atoms with van der Waals surface area (Å²) in [4.78, 5) is 1.13. The molecule has 1 aromatic rings. The molecule has 2 heterocycles. The van der Waals surface area contributed by atoms with Gasteiger partial charge in [-0.05, 0) is 37.8 Å². The van der Waals surface area contributed by atoms with Crippen molar-refractivity contribution in [2.75, 3.05) is 13.1 Å². The molecule has 1 fully saturated rings. The average molecular weight is 331 g/mol. The molecule has 0 bridgehead atoms. The molecule has 21 heavy (non-hydrogen) atoms. The largest absolute Gasteiger partial charge is 0.314 e. The molecule has 1 aliphatic rings. The average Bonchev–Trinajstić information content (AvgIpc) is 2.96. The van der Waals surface area contributed by atoms with E-state index in [2.05, 4.69) is 26.1 Å². The first-order valence-corrected chi connectivity index (χ1v) is 9.90. The SMILES string of the molecule is CC1CC(C)N(S(=O)(=O)c2ccc(CCNC(C)C)s2)C1. The van der Waals surface area contributed by atoms with Crippen LogP contribution in [0.25, 0.3) is 0 Å². The van der Waals surface area contributed by atoms with Crippen molar-refractivity contribution in [2.45, 2.75) is 56.8 Å². The van der Waals surface area contributed by atoms with E-state index in [0.717, 1.165) is 24.3 Å². The third-order valence-corrected chi connectivity index (χ3v) is 7.44. The lowest BCUT2D eigenvalue weighted by molar-refractivity contribution is 0.407. The summed E-state index contributed by atoms with van der Waals surface area (Å²) in [6, 6.07) is 4.28. The molecule has 0 spiro atoms. The summed E-state index contributed by atoms with van der Waals surface area (Å²) >= 11 is 1.41. The van der Waals surface area contributed by atoms with Gasteiger partial charge in [0.1, 0.15) is 4.21 Å². The number of sulfonamides is 1. The molecule has 0 aliphatic carbocycles. The van der Waals surface area contributed by atoms with E-state index in [1.807, 2.05) is 13.0 Å². The van der Waals surface area contributed by atoms with Gasteiger partial charge in [0.05, 0.1) is 0 Å². The van der Waals surface area contributed by atoms with Gasteiger partial charge >= 0.3 is 0 Å². The summed E-state index contributed by atoms with van der Waals surface area (Å²) in [5.41, 5.74) is 0. The third kappa shape index (κ3) is 4.06. The van der Waals surface area contributed by atoms with Gasteiger partial charge in [-0.3, -0.25) is 0 Å². The van der Waals surface area contributed by atoms with Gasteiger partial charge in [-0.2, -0.15) is 4.31 Å². The molecular weight excluding hydrogens is 304 g/mol. The minimum absolute atomic E-state index is 0.109. The van der Waals surface area contributed by atoms with Crippen LogP contribution in [0.5, 0.6) is 0 Å². The number of rotatable bonds is 6. The molecule has 4 nitrogen and oxygen atoms in total. The van der Waals surface area contributed by atoms with Gasteiger partial charge in [0.2, 0.25) is 0 Å². The van der Waals surface area contributed by atoms with Crippen LogP contribution in [0.15, 0.2) is 16.3 Å². The second-order valence-corrected chi connectivity index (χ2v) is 9.63. The van der Waals surface area contributed by atoms with Crippen LogP contribution in [0.1, 0.15) is 39.0 Å². The summed E-state index contributed by atoms with van der Waals surface area (Å²) in [5, 5.41) is 3.36. The van der Waals surface area contributed by atoms with Gasteiger partial charge in [-0.25, -0.2) is 8.42 Å². The first-order valence-electron chi connectivity index (χ1n) is 7.64. The highest BCUT2D eigenvalue weighted by Gasteiger charge is 2.36. The highest BCUT2D eigenvalue weighted by molar-refractivity contribution is 7.91. The van der Waals surface area contributed by atoms with E-state index < -0.39 is 10.0 Å². The molecule has 6 heteroatoms. The van der Waals surface area contributed by atoms with Crippen LogP contribution in [0.3, 0.4) is 0 Å². The molecule has 1 saturated heterocycles. The summed E-state index contributed by atoms with van der Waals surface area (Å²) in [6.45, 7) is 9.87. The van der Waals surface area contributed by atoms with Crippen molar-refractivity contribution < 1.29 is 8.42 Å². The van der Waals surface area contributed by atoms with E-state index in [1.165, 1.54) is 11.3 Å². The van der Waals surface area contributed by atoms with Crippen molar-refractivity contribution in [2.24, 2.45) is 5.92 Å². The minimum Gasteiger partial charge on any atom is -0.314 e. The van der Waals surface area contributed by atoms with Crippen molar-refractivity contribution in [1.29, 1.82) is 0 Å². The Kier molecular flexibility index (Phi) is 5.46. The molecule has 0 saturated carbocycles. The van der Waals surface area contributed by atoms with Crippen LogP contribution < -0.4 is 5.32 Å². The first-order chi connectivity index (χ1) is 9.80. The standard InChI is InChI=1S/C15H26N2O2S2/c1-11(2)16-8-7-14-5-6-15(20-14)21(18,19)17-10-12(3)9-13(17)4/h5-6,11-13,16H,7-10H2,1-4H3. The number of nitrogens with zero attached hydrogens (tertiary/aromatic N) is 1. The lowest BCUT2D eigenvalue weighted by atomic mass is 10.1. The second kappa shape index (κ2) is 6.77. The van der Waals surface area contributed by atoms with Crippen LogP contribution in [0, 0.1) is 5.92 Å². The van der Waals surface area contributed by atoms with Gasteiger partial charge in [0.15, 0.2) is 0 Å². The fourth-order valence-electron chi connectivity index (χ4n) is 2.83. The molecule has 1 N–H and O–H groups in total. The number of hydrogen-bond donors (Lipinski definition) is 1. The Morgan fingerprint density at radius 2 is 2.10 bits per heavy atom. The summed E-state index contributed by atoms with van der Waals surface area (Å²) in [7, 11) is -3.31. The number of hydrogen-bond acceptors (Lipinski definition) is 4. The summed E-state index contributed by atoms with van der Waals surface area (Å²) in [6.07, 6.45) is 1.83. The molecule has 0 aromatic carbocycles. The number of thiophene rings is 1. The van der Waals surface area contributed by atoms with Crippen LogP contribution >= 0.6 is 11.3 Å². The Morgan fingerprint density at radius 3 is 2.67 bits per heavy atom. The normalized spacial score (nSPS) is 24.0. The molecule has 120 valence electrons. The van der Waals surface area contributed by atoms with E-state index in [-0.39, 0.29) is 6.04 Å². The summed E-state index contributed by atoms with van der Waals surface area (Å²) in [5.74, 6) is 0.449. The van der Waals surface area contributed by atoms with Crippen LogP contribution in [-0.2, 0) is 16.4 Å².